The molecule has 1 amide bonds. The van der Waals surface area contributed by atoms with Crippen molar-refractivity contribution in [3.8, 4) is 0 Å². The first-order chi connectivity index (χ1) is 9.29. The standard InChI is InChI=1S/C15H23N3O/c16-10-4-8-14-9-5-11-18(14)12-15(19)17-13-6-2-1-3-7-13/h1-3,6-7,14H,4-5,8-12,16H2,(H,17,19). The van der Waals surface area contributed by atoms with Crippen LogP contribution in [0.25, 0.3) is 0 Å². The number of amides is 1. The molecule has 0 radical (unpaired) electrons. The minimum atomic E-state index is 0.0749. The van der Waals surface area contributed by atoms with E-state index >= 15 is 0 Å². The molecule has 104 valence electrons. The van der Waals surface area contributed by atoms with Crippen molar-refractivity contribution in [2.75, 3.05) is 25.0 Å². The van der Waals surface area contributed by atoms with Gasteiger partial charge in [-0.2, -0.15) is 0 Å². The van der Waals surface area contributed by atoms with Crippen molar-refractivity contribution >= 4 is 11.6 Å². The molecule has 1 heterocycles. The zero-order chi connectivity index (χ0) is 13.5. The number of rotatable bonds is 6. The van der Waals surface area contributed by atoms with Crippen molar-refractivity contribution in [3.05, 3.63) is 30.3 Å². The molecule has 1 fully saturated rings. The second-order valence-electron chi connectivity index (χ2n) is 5.11. The number of carbonyl (C=O) groups excluding carboxylic acids is 1. The third-order valence-corrected chi connectivity index (χ3v) is 3.64. The Morgan fingerprint density at radius 2 is 2.16 bits per heavy atom. The number of hydrogen-bond donors (Lipinski definition) is 2. The topological polar surface area (TPSA) is 58.4 Å². The number of para-hydroxylation sites is 1. The van der Waals surface area contributed by atoms with Crippen LogP contribution >= 0.6 is 0 Å². The molecule has 0 spiro atoms. The van der Waals surface area contributed by atoms with E-state index in [1.807, 2.05) is 30.3 Å². The number of likely N-dealkylation sites (tertiary alicyclic amines) is 1. The molecule has 1 aromatic carbocycles. The van der Waals surface area contributed by atoms with Crippen molar-refractivity contribution in [1.29, 1.82) is 0 Å². The summed E-state index contributed by atoms with van der Waals surface area (Å²) in [5, 5.41) is 2.94. The van der Waals surface area contributed by atoms with Gasteiger partial charge in [-0.25, -0.2) is 0 Å². The number of benzene rings is 1. The molecule has 4 heteroatoms. The Kier molecular flexibility index (Phi) is 5.36. The molecule has 19 heavy (non-hydrogen) atoms. The van der Waals surface area contributed by atoms with E-state index < -0.39 is 0 Å². The van der Waals surface area contributed by atoms with Crippen molar-refractivity contribution in [2.45, 2.75) is 31.7 Å². The third-order valence-electron chi connectivity index (χ3n) is 3.64. The number of carbonyl (C=O) groups is 1. The summed E-state index contributed by atoms with van der Waals surface area (Å²) in [5.41, 5.74) is 6.42. The maximum Gasteiger partial charge on any atom is 0.238 e. The Hall–Kier alpha value is -1.39. The molecule has 1 aromatic rings. The monoisotopic (exact) mass is 261 g/mol. The maximum absolute atomic E-state index is 12.0. The molecule has 4 nitrogen and oxygen atoms in total. The first kappa shape index (κ1) is 14.0. The quantitative estimate of drug-likeness (QED) is 0.821. The second-order valence-corrected chi connectivity index (χ2v) is 5.11. The summed E-state index contributed by atoms with van der Waals surface area (Å²) in [5.74, 6) is 0.0749. The lowest BCUT2D eigenvalue weighted by Crippen LogP contribution is -2.37. The number of nitrogens with zero attached hydrogens (tertiary/aromatic N) is 1. The smallest absolute Gasteiger partial charge is 0.238 e. The Bertz CT molecular complexity index is 394. The van der Waals surface area contributed by atoms with Crippen LogP contribution in [0.1, 0.15) is 25.7 Å². The Labute approximate surface area is 115 Å². The van der Waals surface area contributed by atoms with Crippen LogP contribution < -0.4 is 11.1 Å². The summed E-state index contributed by atoms with van der Waals surface area (Å²) in [7, 11) is 0. The fourth-order valence-corrected chi connectivity index (χ4v) is 2.69. The van der Waals surface area contributed by atoms with E-state index in [0.29, 0.717) is 12.6 Å². The molecule has 3 N–H and O–H groups in total. The van der Waals surface area contributed by atoms with Gasteiger partial charge in [0.2, 0.25) is 5.91 Å². The lowest BCUT2D eigenvalue weighted by atomic mass is 10.1. The van der Waals surface area contributed by atoms with Crippen LogP contribution in [0.15, 0.2) is 30.3 Å². The highest BCUT2D eigenvalue weighted by atomic mass is 16.2. The highest BCUT2D eigenvalue weighted by Gasteiger charge is 2.25. The normalized spacial score (nSPS) is 19.5. The first-order valence-electron chi connectivity index (χ1n) is 7.08. The highest BCUT2D eigenvalue weighted by molar-refractivity contribution is 5.92. The van der Waals surface area contributed by atoms with Gasteiger partial charge in [0, 0.05) is 11.7 Å². The highest BCUT2D eigenvalue weighted by Crippen LogP contribution is 2.20. The maximum atomic E-state index is 12.0. The van der Waals surface area contributed by atoms with Gasteiger partial charge in [0.05, 0.1) is 6.54 Å². The van der Waals surface area contributed by atoms with Gasteiger partial charge in [0.1, 0.15) is 0 Å². The van der Waals surface area contributed by atoms with Gasteiger partial charge in [-0.05, 0) is 50.9 Å². The number of nitrogens with one attached hydrogen (secondary N) is 1. The lowest BCUT2D eigenvalue weighted by Gasteiger charge is -2.23. The molecular weight excluding hydrogens is 238 g/mol. The van der Waals surface area contributed by atoms with E-state index in [1.165, 1.54) is 12.8 Å². The molecule has 1 aliphatic rings. The van der Waals surface area contributed by atoms with E-state index in [0.717, 1.165) is 31.6 Å². The largest absolute Gasteiger partial charge is 0.330 e. The number of hydrogen-bond acceptors (Lipinski definition) is 3. The van der Waals surface area contributed by atoms with Gasteiger partial charge in [-0.1, -0.05) is 18.2 Å². The molecule has 2 rings (SSSR count). The van der Waals surface area contributed by atoms with E-state index in [-0.39, 0.29) is 5.91 Å². The lowest BCUT2D eigenvalue weighted by molar-refractivity contribution is -0.117. The van der Waals surface area contributed by atoms with Crippen molar-refractivity contribution in [2.24, 2.45) is 5.73 Å². The van der Waals surface area contributed by atoms with Crippen LogP contribution in [0.2, 0.25) is 0 Å². The van der Waals surface area contributed by atoms with Crippen LogP contribution in [0.4, 0.5) is 5.69 Å². The SMILES string of the molecule is NCCCC1CCCN1CC(=O)Nc1ccccc1. The Morgan fingerprint density at radius 1 is 1.37 bits per heavy atom. The molecular formula is C15H23N3O. The van der Waals surface area contributed by atoms with Gasteiger partial charge < -0.3 is 11.1 Å². The van der Waals surface area contributed by atoms with Crippen LogP contribution in [0.5, 0.6) is 0 Å². The molecule has 0 saturated carbocycles. The van der Waals surface area contributed by atoms with E-state index in [2.05, 4.69) is 10.2 Å². The third kappa shape index (κ3) is 4.33. The van der Waals surface area contributed by atoms with Crippen LogP contribution in [0.3, 0.4) is 0 Å². The van der Waals surface area contributed by atoms with E-state index in [9.17, 15) is 4.79 Å². The predicted molar refractivity (Wildman–Crippen MR) is 78.0 cm³/mol. The second kappa shape index (κ2) is 7.26. The molecule has 1 saturated heterocycles. The average molecular weight is 261 g/mol. The number of anilines is 1. The molecule has 1 aliphatic heterocycles. The molecule has 1 unspecified atom stereocenters. The number of nitrogens with two attached hydrogens (primary N) is 1. The summed E-state index contributed by atoms with van der Waals surface area (Å²) in [4.78, 5) is 14.3. The summed E-state index contributed by atoms with van der Waals surface area (Å²) >= 11 is 0. The summed E-state index contributed by atoms with van der Waals surface area (Å²) < 4.78 is 0. The van der Waals surface area contributed by atoms with Crippen molar-refractivity contribution in [3.63, 3.8) is 0 Å². The minimum absolute atomic E-state index is 0.0749. The fourth-order valence-electron chi connectivity index (χ4n) is 2.69. The van der Waals surface area contributed by atoms with Crippen LogP contribution in [-0.2, 0) is 4.79 Å². The summed E-state index contributed by atoms with van der Waals surface area (Å²) in [6, 6.07) is 10.1. The van der Waals surface area contributed by atoms with E-state index in [1.54, 1.807) is 0 Å². The van der Waals surface area contributed by atoms with E-state index in [4.69, 9.17) is 5.73 Å². The summed E-state index contributed by atoms with van der Waals surface area (Å²) in [6.45, 7) is 2.25. The first-order valence-corrected chi connectivity index (χ1v) is 7.08. The van der Waals surface area contributed by atoms with Crippen LogP contribution in [-0.4, -0.2) is 36.5 Å². The van der Waals surface area contributed by atoms with Crippen LogP contribution in [0, 0.1) is 0 Å². The predicted octanol–water partition coefficient (Wildman–Crippen LogP) is 1.83. The zero-order valence-corrected chi connectivity index (χ0v) is 11.3. The summed E-state index contributed by atoms with van der Waals surface area (Å²) in [6.07, 6.45) is 4.53. The van der Waals surface area contributed by atoms with Gasteiger partial charge >= 0.3 is 0 Å². The molecule has 0 aliphatic carbocycles. The zero-order valence-electron chi connectivity index (χ0n) is 11.3. The van der Waals surface area contributed by atoms with Crippen molar-refractivity contribution in [1.82, 2.24) is 4.90 Å². The molecule has 0 bridgehead atoms. The molecule has 0 aromatic heterocycles. The van der Waals surface area contributed by atoms with Gasteiger partial charge in [-0.15, -0.1) is 0 Å². The van der Waals surface area contributed by atoms with Crippen molar-refractivity contribution < 1.29 is 4.79 Å². The average Bonchev–Trinajstić information content (AvgIpc) is 2.84. The Morgan fingerprint density at radius 3 is 2.89 bits per heavy atom. The van der Waals surface area contributed by atoms with Gasteiger partial charge in [0.25, 0.3) is 0 Å². The van der Waals surface area contributed by atoms with Gasteiger partial charge in [0.15, 0.2) is 0 Å². The minimum Gasteiger partial charge on any atom is -0.330 e. The molecule has 1 atom stereocenters. The van der Waals surface area contributed by atoms with Gasteiger partial charge in [-0.3, -0.25) is 9.69 Å². The Balaban J connectivity index is 1.81. The fraction of sp³-hybridized carbons (Fsp3) is 0.533.